The summed E-state index contributed by atoms with van der Waals surface area (Å²) < 4.78 is 5.28. The van der Waals surface area contributed by atoms with Crippen molar-refractivity contribution in [2.24, 2.45) is 0 Å². The Labute approximate surface area is 170 Å². The lowest BCUT2D eigenvalue weighted by Crippen LogP contribution is -2.42. The van der Waals surface area contributed by atoms with E-state index in [2.05, 4.69) is 10.6 Å². The van der Waals surface area contributed by atoms with E-state index in [1.807, 2.05) is 78.9 Å². The Bertz CT molecular complexity index is 887. The third-order valence-corrected chi connectivity index (χ3v) is 4.45. The summed E-state index contributed by atoms with van der Waals surface area (Å²) in [7, 11) is 1.58. The van der Waals surface area contributed by atoms with E-state index in [4.69, 9.17) is 4.74 Å². The van der Waals surface area contributed by atoms with Gasteiger partial charge in [0, 0.05) is 0 Å². The van der Waals surface area contributed by atoms with Gasteiger partial charge in [-0.15, -0.1) is 0 Å². The zero-order chi connectivity index (χ0) is 20.5. The van der Waals surface area contributed by atoms with Crippen LogP contribution in [0.2, 0.25) is 0 Å². The Morgan fingerprint density at radius 3 is 1.76 bits per heavy atom. The average Bonchev–Trinajstić information content (AvgIpc) is 2.74. The molecule has 0 saturated heterocycles. The van der Waals surface area contributed by atoms with Crippen LogP contribution in [0.3, 0.4) is 0 Å². The number of ether oxygens (including phenoxy) is 1. The highest BCUT2D eigenvalue weighted by atomic mass is 16.5. The number of rotatable bonds is 8. The van der Waals surface area contributed by atoms with Crippen LogP contribution in [0, 0.1) is 0 Å². The SMILES string of the molecule is COc1cccc(C(NC(=O)Cc2ccccc2)NC(=O)Cc2ccccc2)c1. The van der Waals surface area contributed by atoms with Crippen LogP contribution in [0.15, 0.2) is 84.9 Å². The highest BCUT2D eigenvalue weighted by Gasteiger charge is 2.18. The second-order valence-electron chi connectivity index (χ2n) is 6.67. The fraction of sp³-hybridized carbons (Fsp3) is 0.167. The van der Waals surface area contributed by atoms with Gasteiger partial charge >= 0.3 is 0 Å². The van der Waals surface area contributed by atoms with Crippen LogP contribution in [0.5, 0.6) is 5.75 Å². The van der Waals surface area contributed by atoms with Gasteiger partial charge in [0.25, 0.3) is 0 Å². The number of nitrogens with one attached hydrogen (secondary N) is 2. The van der Waals surface area contributed by atoms with E-state index in [9.17, 15) is 9.59 Å². The van der Waals surface area contributed by atoms with Gasteiger partial charge in [-0.25, -0.2) is 0 Å². The zero-order valence-electron chi connectivity index (χ0n) is 16.3. The zero-order valence-corrected chi connectivity index (χ0v) is 16.3. The van der Waals surface area contributed by atoms with E-state index >= 15 is 0 Å². The summed E-state index contributed by atoms with van der Waals surface area (Å²) in [6.45, 7) is 0. The Hall–Kier alpha value is -3.60. The normalized spacial score (nSPS) is 10.4. The molecule has 0 unspecified atom stereocenters. The Balaban J connectivity index is 1.73. The van der Waals surface area contributed by atoms with E-state index in [1.54, 1.807) is 13.2 Å². The summed E-state index contributed by atoms with van der Waals surface area (Å²) >= 11 is 0. The molecular formula is C24H24N2O3. The van der Waals surface area contributed by atoms with Crippen LogP contribution in [-0.4, -0.2) is 18.9 Å². The fourth-order valence-corrected chi connectivity index (χ4v) is 3.01. The number of hydrogen-bond acceptors (Lipinski definition) is 3. The van der Waals surface area contributed by atoms with Crippen molar-refractivity contribution in [1.82, 2.24) is 10.6 Å². The van der Waals surface area contributed by atoms with Gasteiger partial charge in [-0.2, -0.15) is 0 Å². The standard InChI is InChI=1S/C24H24N2O3/c1-29-21-14-8-13-20(17-21)24(25-22(27)15-18-9-4-2-5-10-18)26-23(28)16-19-11-6-3-7-12-19/h2-14,17,24H,15-16H2,1H3,(H,25,27)(H,26,28). The molecule has 5 heteroatoms. The summed E-state index contributed by atoms with van der Waals surface area (Å²) in [4.78, 5) is 25.2. The number of methoxy groups -OCH3 is 1. The average molecular weight is 388 g/mol. The Morgan fingerprint density at radius 1 is 0.759 bits per heavy atom. The minimum Gasteiger partial charge on any atom is -0.497 e. The molecule has 0 spiro atoms. The summed E-state index contributed by atoms with van der Waals surface area (Å²) in [6, 6.07) is 26.3. The first kappa shape index (κ1) is 20.1. The molecule has 0 radical (unpaired) electrons. The van der Waals surface area contributed by atoms with Crippen LogP contribution in [-0.2, 0) is 22.4 Å². The lowest BCUT2D eigenvalue weighted by Gasteiger charge is -2.21. The van der Waals surface area contributed by atoms with Gasteiger partial charge in [-0.3, -0.25) is 9.59 Å². The lowest BCUT2D eigenvalue weighted by molar-refractivity contribution is -0.123. The first-order valence-electron chi connectivity index (χ1n) is 9.44. The molecule has 2 amide bonds. The van der Waals surface area contributed by atoms with E-state index in [0.29, 0.717) is 5.75 Å². The molecule has 0 aromatic heterocycles. The topological polar surface area (TPSA) is 67.4 Å². The molecule has 0 aliphatic heterocycles. The smallest absolute Gasteiger partial charge is 0.226 e. The molecule has 2 N–H and O–H groups in total. The summed E-state index contributed by atoms with van der Waals surface area (Å²) in [5.74, 6) is 0.301. The maximum Gasteiger partial charge on any atom is 0.226 e. The molecule has 0 heterocycles. The van der Waals surface area contributed by atoms with E-state index in [0.717, 1.165) is 16.7 Å². The molecule has 0 aliphatic rings. The fourth-order valence-electron chi connectivity index (χ4n) is 3.01. The van der Waals surface area contributed by atoms with Crippen molar-refractivity contribution >= 4 is 11.8 Å². The minimum absolute atomic E-state index is 0.177. The first-order valence-corrected chi connectivity index (χ1v) is 9.44. The Kier molecular flexibility index (Phi) is 7.00. The molecule has 148 valence electrons. The molecule has 0 atom stereocenters. The van der Waals surface area contributed by atoms with Gasteiger partial charge in [0.05, 0.1) is 20.0 Å². The monoisotopic (exact) mass is 388 g/mol. The van der Waals surface area contributed by atoms with Crippen LogP contribution in [0.1, 0.15) is 22.9 Å². The van der Waals surface area contributed by atoms with Crippen molar-refractivity contribution in [1.29, 1.82) is 0 Å². The van der Waals surface area contributed by atoms with Crippen molar-refractivity contribution in [2.75, 3.05) is 7.11 Å². The molecular weight excluding hydrogens is 364 g/mol. The number of benzene rings is 3. The number of amides is 2. The highest BCUT2D eigenvalue weighted by Crippen LogP contribution is 2.18. The molecule has 5 nitrogen and oxygen atoms in total. The van der Waals surface area contributed by atoms with Gasteiger partial charge < -0.3 is 15.4 Å². The van der Waals surface area contributed by atoms with Crippen LogP contribution >= 0.6 is 0 Å². The maximum atomic E-state index is 12.6. The number of carbonyl (C=O) groups is 2. The molecule has 3 aromatic carbocycles. The molecule has 0 bridgehead atoms. The summed E-state index contributed by atoms with van der Waals surface area (Å²) in [6.07, 6.45) is -0.191. The van der Waals surface area contributed by atoms with Crippen LogP contribution < -0.4 is 15.4 Å². The van der Waals surface area contributed by atoms with Crippen molar-refractivity contribution in [3.05, 3.63) is 102 Å². The van der Waals surface area contributed by atoms with Gasteiger partial charge in [0.15, 0.2) is 0 Å². The third kappa shape index (κ3) is 6.21. The molecule has 0 fully saturated rings. The van der Waals surface area contributed by atoms with E-state index in [-0.39, 0.29) is 24.7 Å². The maximum absolute atomic E-state index is 12.6. The minimum atomic E-state index is -0.655. The molecule has 3 aromatic rings. The largest absolute Gasteiger partial charge is 0.497 e. The Morgan fingerprint density at radius 2 is 1.28 bits per heavy atom. The van der Waals surface area contributed by atoms with Gasteiger partial charge in [-0.05, 0) is 28.8 Å². The molecule has 0 saturated carbocycles. The van der Waals surface area contributed by atoms with Crippen molar-refractivity contribution in [2.45, 2.75) is 19.0 Å². The van der Waals surface area contributed by atoms with Crippen molar-refractivity contribution < 1.29 is 14.3 Å². The molecule has 29 heavy (non-hydrogen) atoms. The molecule has 0 aliphatic carbocycles. The third-order valence-electron chi connectivity index (χ3n) is 4.45. The summed E-state index contributed by atoms with van der Waals surface area (Å²) in [5, 5.41) is 5.85. The van der Waals surface area contributed by atoms with Crippen molar-refractivity contribution in [3.63, 3.8) is 0 Å². The van der Waals surface area contributed by atoms with Crippen LogP contribution in [0.25, 0.3) is 0 Å². The highest BCUT2D eigenvalue weighted by molar-refractivity contribution is 5.82. The molecule has 3 rings (SSSR count). The van der Waals surface area contributed by atoms with Gasteiger partial charge in [0.2, 0.25) is 11.8 Å². The van der Waals surface area contributed by atoms with E-state index in [1.165, 1.54) is 0 Å². The van der Waals surface area contributed by atoms with Gasteiger partial charge in [-0.1, -0.05) is 72.8 Å². The second-order valence-corrected chi connectivity index (χ2v) is 6.67. The first-order chi connectivity index (χ1) is 14.1. The quantitative estimate of drug-likeness (QED) is 0.581. The van der Waals surface area contributed by atoms with E-state index < -0.39 is 6.17 Å². The predicted molar refractivity (Wildman–Crippen MR) is 112 cm³/mol. The number of hydrogen-bond donors (Lipinski definition) is 2. The van der Waals surface area contributed by atoms with Gasteiger partial charge in [0.1, 0.15) is 11.9 Å². The second kappa shape index (κ2) is 10.1. The van der Waals surface area contributed by atoms with Crippen molar-refractivity contribution in [3.8, 4) is 5.75 Å². The van der Waals surface area contributed by atoms with Crippen LogP contribution in [0.4, 0.5) is 0 Å². The lowest BCUT2D eigenvalue weighted by atomic mass is 10.1. The summed E-state index contributed by atoms with van der Waals surface area (Å²) in [5.41, 5.74) is 2.56. The predicted octanol–water partition coefficient (Wildman–Crippen LogP) is 3.41. The number of carbonyl (C=O) groups excluding carboxylic acids is 2.